The molecule has 0 spiro atoms. The molecule has 1 heterocycles. The van der Waals surface area contributed by atoms with Gasteiger partial charge in [0.1, 0.15) is 5.75 Å². The number of benzene rings is 2. The Morgan fingerprint density at radius 1 is 1.20 bits per heavy atom. The van der Waals surface area contributed by atoms with Crippen LogP contribution in [0.5, 0.6) is 5.75 Å². The minimum absolute atomic E-state index is 0.242. The molecule has 1 aromatic heterocycles. The molecule has 2 aromatic carbocycles. The molecule has 0 aliphatic heterocycles. The zero-order valence-electron chi connectivity index (χ0n) is 16.4. The lowest BCUT2D eigenvalue weighted by Crippen LogP contribution is -2.37. The number of methoxy groups -OCH3 is 1. The van der Waals surface area contributed by atoms with E-state index in [-0.39, 0.29) is 10.9 Å². The molecule has 156 valence electrons. The van der Waals surface area contributed by atoms with Crippen LogP contribution < -0.4 is 26.1 Å². The van der Waals surface area contributed by atoms with E-state index in [0.717, 1.165) is 11.8 Å². The number of nitrogens with zero attached hydrogens (tertiary/aromatic N) is 1. The van der Waals surface area contributed by atoms with E-state index in [9.17, 15) is 14.4 Å². The molecule has 9 nitrogen and oxygen atoms in total. The second kappa shape index (κ2) is 9.31. The third kappa shape index (κ3) is 4.71. The fourth-order valence-corrected chi connectivity index (χ4v) is 3.65. The van der Waals surface area contributed by atoms with Gasteiger partial charge in [0.25, 0.3) is 0 Å². The Morgan fingerprint density at radius 2 is 1.87 bits per heavy atom. The lowest BCUT2D eigenvalue weighted by molar-refractivity contribution is -0.704. The minimum Gasteiger partial charge on any atom is -0.497 e. The first-order chi connectivity index (χ1) is 14.4. The monoisotopic (exact) mass is 429 g/mol. The van der Waals surface area contributed by atoms with Crippen molar-refractivity contribution < 1.29 is 23.5 Å². The van der Waals surface area contributed by atoms with Gasteiger partial charge in [0.2, 0.25) is 17.5 Å². The largest absolute Gasteiger partial charge is 0.497 e. The highest BCUT2D eigenvalue weighted by Crippen LogP contribution is 2.23. The molecule has 3 rings (SSSR count). The third-order valence-electron chi connectivity index (χ3n) is 4.29. The van der Waals surface area contributed by atoms with Gasteiger partial charge in [-0.05, 0) is 64.5 Å². The maximum Gasteiger partial charge on any atom is 0.442 e. The zero-order chi connectivity index (χ0) is 21.7. The molecule has 30 heavy (non-hydrogen) atoms. The van der Waals surface area contributed by atoms with Gasteiger partial charge in [-0.1, -0.05) is 6.92 Å². The van der Waals surface area contributed by atoms with Gasteiger partial charge in [-0.3, -0.25) is 14.1 Å². The van der Waals surface area contributed by atoms with E-state index in [2.05, 4.69) is 10.6 Å². The van der Waals surface area contributed by atoms with Crippen LogP contribution in [0, 0.1) is 0 Å². The Bertz CT molecular complexity index is 1090. The summed E-state index contributed by atoms with van der Waals surface area (Å²) in [4.78, 5) is 36.1. The van der Waals surface area contributed by atoms with Gasteiger partial charge in [0.15, 0.2) is 0 Å². The minimum atomic E-state index is -0.576. The molecule has 0 saturated carbocycles. The summed E-state index contributed by atoms with van der Waals surface area (Å²) < 4.78 is 11.6. The number of aromatic nitrogens is 2. The fourth-order valence-electron chi connectivity index (χ4n) is 2.66. The van der Waals surface area contributed by atoms with Crippen LogP contribution in [0.4, 0.5) is 5.69 Å². The molecule has 0 radical (unpaired) electrons. The molecule has 0 aliphatic carbocycles. The highest BCUT2D eigenvalue weighted by molar-refractivity contribution is 8.00. The molecule has 10 heteroatoms. The van der Waals surface area contributed by atoms with Crippen LogP contribution in [0.15, 0.2) is 62.9 Å². The van der Waals surface area contributed by atoms with E-state index in [1.807, 2.05) is 6.92 Å². The number of thioether (sulfide) groups is 1. The summed E-state index contributed by atoms with van der Waals surface area (Å²) in [6, 6.07) is 13.3. The molecule has 0 fully saturated rings. The van der Waals surface area contributed by atoms with Crippen molar-refractivity contribution in [2.24, 2.45) is 5.73 Å². The predicted molar refractivity (Wildman–Crippen MR) is 111 cm³/mol. The van der Waals surface area contributed by atoms with Crippen LogP contribution in [0.3, 0.4) is 0 Å². The Balaban J connectivity index is 1.78. The SMILES string of the molecule is CCC(Sc1c(=O)o[nH][n+]1-c1ccc(OC)cc1)C(=O)Nc1ccc(C(N)=O)cc1. The second-order valence-electron chi connectivity index (χ2n) is 6.26. The average Bonchev–Trinajstić information content (AvgIpc) is 3.12. The molecule has 1 atom stereocenters. The van der Waals surface area contributed by atoms with Crippen molar-refractivity contribution >= 4 is 29.3 Å². The first kappa shape index (κ1) is 21.2. The van der Waals surface area contributed by atoms with Gasteiger partial charge >= 0.3 is 10.7 Å². The van der Waals surface area contributed by atoms with Crippen LogP contribution in [0.1, 0.15) is 23.7 Å². The maximum absolute atomic E-state index is 12.7. The van der Waals surface area contributed by atoms with Crippen molar-refractivity contribution in [3.05, 3.63) is 64.5 Å². The van der Waals surface area contributed by atoms with Crippen molar-refractivity contribution in [2.45, 2.75) is 23.6 Å². The van der Waals surface area contributed by atoms with Crippen LogP contribution in [-0.2, 0) is 4.79 Å². The maximum atomic E-state index is 12.7. The molecule has 1 unspecified atom stereocenters. The number of carbonyl (C=O) groups excluding carboxylic acids is 2. The number of rotatable bonds is 8. The zero-order valence-corrected chi connectivity index (χ0v) is 17.2. The van der Waals surface area contributed by atoms with Crippen molar-refractivity contribution in [1.82, 2.24) is 5.27 Å². The Morgan fingerprint density at radius 3 is 2.43 bits per heavy atom. The van der Waals surface area contributed by atoms with Crippen LogP contribution >= 0.6 is 11.8 Å². The van der Waals surface area contributed by atoms with E-state index in [1.165, 1.54) is 16.8 Å². The lowest BCUT2D eigenvalue weighted by Gasteiger charge is -2.12. The number of hydrogen-bond acceptors (Lipinski definition) is 6. The summed E-state index contributed by atoms with van der Waals surface area (Å²) in [5.41, 5.74) is 6.17. The summed E-state index contributed by atoms with van der Waals surface area (Å²) in [7, 11) is 1.56. The summed E-state index contributed by atoms with van der Waals surface area (Å²) >= 11 is 1.10. The quantitative estimate of drug-likeness (QED) is 0.370. The summed E-state index contributed by atoms with van der Waals surface area (Å²) in [5.74, 6) is -0.152. The van der Waals surface area contributed by atoms with Gasteiger partial charge in [0, 0.05) is 23.4 Å². The highest BCUT2D eigenvalue weighted by Gasteiger charge is 2.30. The smallest absolute Gasteiger partial charge is 0.442 e. The Labute approximate surface area is 176 Å². The summed E-state index contributed by atoms with van der Waals surface area (Å²) in [5, 5.41) is 5.03. The van der Waals surface area contributed by atoms with Gasteiger partial charge in [-0.2, -0.15) is 0 Å². The molecular weight excluding hydrogens is 408 g/mol. The molecular formula is C20H21N4O5S+. The number of nitrogens with one attached hydrogen (secondary N) is 2. The normalized spacial score (nSPS) is 11.7. The second-order valence-corrected chi connectivity index (χ2v) is 7.46. The number of amides is 2. The lowest BCUT2D eigenvalue weighted by atomic mass is 10.2. The van der Waals surface area contributed by atoms with E-state index in [1.54, 1.807) is 43.5 Å². The average molecular weight is 429 g/mol. The molecule has 0 bridgehead atoms. The van der Waals surface area contributed by atoms with Gasteiger partial charge in [-0.15, -0.1) is 0 Å². The number of primary amides is 1. The van der Waals surface area contributed by atoms with Crippen LogP contribution in [0.25, 0.3) is 5.69 Å². The third-order valence-corrected chi connectivity index (χ3v) is 5.70. The molecule has 2 amide bonds. The van der Waals surface area contributed by atoms with Crippen molar-refractivity contribution in [2.75, 3.05) is 12.4 Å². The van der Waals surface area contributed by atoms with Gasteiger partial charge in [0.05, 0.1) is 12.4 Å². The van der Waals surface area contributed by atoms with E-state index >= 15 is 0 Å². The van der Waals surface area contributed by atoms with E-state index < -0.39 is 16.8 Å². The number of carbonyl (C=O) groups is 2. The summed E-state index contributed by atoms with van der Waals surface area (Å²) in [6.45, 7) is 1.85. The first-order valence-corrected chi connectivity index (χ1v) is 9.96. The topological polar surface area (TPSA) is 131 Å². The Hall–Kier alpha value is -3.53. The molecule has 0 saturated heterocycles. The van der Waals surface area contributed by atoms with Crippen molar-refractivity contribution in [3.63, 3.8) is 0 Å². The van der Waals surface area contributed by atoms with Crippen LogP contribution in [0.2, 0.25) is 0 Å². The number of nitrogens with two attached hydrogens (primary N) is 1. The molecule has 0 aliphatic rings. The Kier molecular flexibility index (Phi) is 6.58. The predicted octanol–water partition coefficient (Wildman–Crippen LogP) is 1.86. The van der Waals surface area contributed by atoms with Crippen molar-refractivity contribution in [3.8, 4) is 11.4 Å². The highest BCUT2D eigenvalue weighted by atomic mass is 32.2. The van der Waals surface area contributed by atoms with E-state index in [0.29, 0.717) is 29.1 Å². The number of anilines is 1. The standard InChI is InChI=1S/C20H20N4O5S/c1-3-16(18(26)22-13-6-4-12(5-7-13)17(21)25)30-19-20(27)29-23-24(19)14-8-10-15(28-2)11-9-14/h4-11,16H,3H2,1-2H3,(H3-,21,22,23,25,26,27)/p+1. The number of H-pyrrole nitrogens is 1. The van der Waals surface area contributed by atoms with Gasteiger partial charge in [-0.25, -0.2) is 4.79 Å². The van der Waals surface area contributed by atoms with Crippen molar-refractivity contribution in [1.29, 1.82) is 0 Å². The van der Waals surface area contributed by atoms with Crippen LogP contribution in [-0.4, -0.2) is 29.4 Å². The first-order valence-electron chi connectivity index (χ1n) is 9.08. The molecule has 4 N–H and O–H groups in total. The number of ether oxygens (including phenoxy) is 1. The fraction of sp³-hybridized carbons (Fsp3) is 0.200. The number of aromatic amines is 1. The summed E-state index contributed by atoms with van der Waals surface area (Å²) in [6.07, 6.45) is 0.475. The molecule has 3 aromatic rings. The van der Waals surface area contributed by atoms with Gasteiger partial charge < -0.3 is 15.8 Å². The van der Waals surface area contributed by atoms with E-state index in [4.69, 9.17) is 15.0 Å². The number of hydrogen-bond donors (Lipinski definition) is 3.